The van der Waals surface area contributed by atoms with Crippen molar-refractivity contribution in [2.24, 2.45) is 0 Å². The Hall–Kier alpha value is -0.910. The van der Waals surface area contributed by atoms with Crippen molar-refractivity contribution in [3.63, 3.8) is 0 Å². The number of rotatable bonds is 2. The molecule has 0 unspecified atom stereocenters. The largest absolute Gasteiger partial charge is 0.507 e. The first-order chi connectivity index (χ1) is 5.27. The maximum absolute atomic E-state index is 10.4. The summed E-state index contributed by atoms with van der Waals surface area (Å²) >= 11 is 0. The molecular formula is C4H8FO6P. The summed E-state index contributed by atoms with van der Waals surface area (Å²) in [7, 11) is -5.14. The topological polar surface area (TPSA) is 104 Å². The van der Waals surface area contributed by atoms with Gasteiger partial charge >= 0.3 is 14.1 Å². The maximum atomic E-state index is 10.4. The van der Waals surface area contributed by atoms with E-state index >= 15 is 0 Å². The summed E-state index contributed by atoms with van der Waals surface area (Å²) in [5.74, 6) is 0. The number of carboxylic acid groups (broad SMARTS) is 1. The second-order valence-electron chi connectivity index (χ2n) is 1.34. The van der Waals surface area contributed by atoms with Crippen molar-refractivity contribution in [1.29, 1.82) is 0 Å². The van der Waals surface area contributed by atoms with E-state index in [2.05, 4.69) is 11.3 Å². The number of ether oxygens (including phenoxy) is 1. The van der Waals surface area contributed by atoms with Gasteiger partial charge in [-0.1, -0.05) is 12.7 Å². The third kappa shape index (κ3) is 62.3. The molecule has 0 fully saturated rings. The molecule has 0 amide bonds. The Kier molecular flexibility index (Phi) is 7.72. The molecule has 0 saturated heterocycles. The van der Waals surface area contributed by atoms with E-state index in [0.29, 0.717) is 0 Å². The molecule has 0 aromatic heterocycles. The van der Waals surface area contributed by atoms with Crippen LogP contribution in [0.25, 0.3) is 0 Å². The minimum absolute atomic E-state index is 0.0648. The average Bonchev–Trinajstić information content (AvgIpc) is 1.79. The van der Waals surface area contributed by atoms with Gasteiger partial charge in [0.25, 0.3) is 0 Å². The molecule has 0 atom stereocenters. The molecule has 0 spiro atoms. The standard InChI is InChI=1S/C4H6O3.FH2O3P/c1-2-3-7-4(5)6;1-5(2,3)4/h2H,1,3H2,(H,5,6);(H2,2,3,4). The van der Waals surface area contributed by atoms with E-state index in [4.69, 9.17) is 19.5 Å². The monoisotopic (exact) mass is 202 g/mol. The molecule has 6 nitrogen and oxygen atoms in total. The molecule has 0 rings (SSSR count). The number of hydrogen-bond acceptors (Lipinski definition) is 3. The highest BCUT2D eigenvalue weighted by Gasteiger charge is 2.04. The van der Waals surface area contributed by atoms with Crippen LogP contribution in [0.2, 0.25) is 0 Å². The van der Waals surface area contributed by atoms with Crippen LogP contribution < -0.4 is 0 Å². The molecule has 0 bridgehead atoms. The van der Waals surface area contributed by atoms with Crippen LogP contribution >= 0.6 is 7.91 Å². The zero-order valence-corrected chi connectivity index (χ0v) is 6.78. The summed E-state index contributed by atoms with van der Waals surface area (Å²) in [4.78, 5) is 23.4. The Morgan fingerprint density at radius 3 is 2.08 bits per heavy atom. The van der Waals surface area contributed by atoms with Crippen molar-refractivity contribution in [3.8, 4) is 0 Å². The van der Waals surface area contributed by atoms with E-state index in [-0.39, 0.29) is 6.61 Å². The van der Waals surface area contributed by atoms with Crippen LogP contribution in [0, 0.1) is 0 Å². The fourth-order valence-corrected chi connectivity index (χ4v) is 0.130. The second kappa shape index (κ2) is 6.78. The van der Waals surface area contributed by atoms with Crippen LogP contribution in [-0.4, -0.2) is 27.7 Å². The highest BCUT2D eigenvalue weighted by molar-refractivity contribution is 7.45. The molecule has 0 aliphatic rings. The number of carbonyl (C=O) groups is 1. The summed E-state index contributed by atoms with van der Waals surface area (Å²) in [6.45, 7) is 3.31. The molecule has 12 heavy (non-hydrogen) atoms. The van der Waals surface area contributed by atoms with Crippen molar-refractivity contribution in [1.82, 2.24) is 0 Å². The van der Waals surface area contributed by atoms with Gasteiger partial charge in [-0.2, -0.15) is 0 Å². The SMILES string of the molecule is C=CCOC(=O)O.O=P(O)(O)F. The van der Waals surface area contributed by atoms with Gasteiger partial charge < -0.3 is 9.84 Å². The van der Waals surface area contributed by atoms with Crippen LogP contribution in [0.5, 0.6) is 0 Å². The van der Waals surface area contributed by atoms with Gasteiger partial charge in [-0.25, -0.2) is 9.36 Å². The highest BCUT2D eigenvalue weighted by atomic mass is 31.2. The Labute approximate surface area is 67.6 Å². The van der Waals surface area contributed by atoms with Crippen molar-refractivity contribution in [2.75, 3.05) is 6.61 Å². The molecule has 0 heterocycles. The van der Waals surface area contributed by atoms with Gasteiger partial charge in [-0.15, -0.1) is 4.20 Å². The predicted octanol–water partition coefficient (Wildman–Crippen LogP) is 0.916. The Bertz CT molecular complexity index is 178. The van der Waals surface area contributed by atoms with Crippen molar-refractivity contribution >= 4 is 14.1 Å². The lowest BCUT2D eigenvalue weighted by Gasteiger charge is -1.88. The lowest BCUT2D eigenvalue weighted by Crippen LogP contribution is -1.98. The lowest BCUT2D eigenvalue weighted by atomic mass is 10.7. The van der Waals surface area contributed by atoms with Gasteiger partial charge in [-0.3, -0.25) is 9.79 Å². The zero-order valence-electron chi connectivity index (χ0n) is 5.88. The third-order valence-corrected chi connectivity index (χ3v) is 0.325. The van der Waals surface area contributed by atoms with Gasteiger partial charge in [-0.05, 0) is 0 Å². The Balaban J connectivity index is 0. The van der Waals surface area contributed by atoms with Crippen LogP contribution in [0.15, 0.2) is 12.7 Å². The quantitative estimate of drug-likeness (QED) is 0.349. The zero-order chi connectivity index (χ0) is 10.2. The Morgan fingerprint density at radius 2 is 2.00 bits per heavy atom. The molecule has 0 aliphatic heterocycles. The molecule has 72 valence electrons. The fourth-order valence-electron chi connectivity index (χ4n) is 0.130. The van der Waals surface area contributed by atoms with E-state index in [1.54, 1.807) is 0 Å². The van der Waals surface area contributed by atoms with E-state index < -0.39 is 14.1 Å². The van der Waals surface area contributed by atoms with Crippen LogP contribution in [0.1, 0.15) is 0 Å². The Morgan fingerprint density at radius 1 is 1.67 bits per heavy atom. The second-order valence-corrected chi connectivity index (χ2v) is 2.28. The van der Waals surface area contributed by atoms with Gasteiger partial charge in [0.05, 0.1) is 0 Å². The molecule has 8 heteroatoms. The molecular weight excluding hydrogens is 194 g/mol. The lowest BCUT2D eigenvalue weighted by molar-refractivity contribution is 0.102. The van der Waals surface area contributed by atoms with Crippen LogP contribution in [0.4, 0.5) is 8.99 Å². The van der Waals surface area contributed by atoms with Crippen LogP contribution in [0.3, 0.4) is 0 Å². The van der Waals surface area contributed by atoms with E-state index in [0.717, 1.165) is 0 Å². The summed E-state index contributed by atoms with van der Waals surface area (Å²) < 4.78 is 23.0. The molecule has 0 radical (unpaired) electrons. The van der Waals surface area contributed by atoms with Crippen molar-refractivity contribution in [3.05, 3.63) is 12.7 Å². The van der Waals surface area contributed by atoms with Gasteiger partial charge in [0.2, 0.25) is 0 Å². The smallest absolute Gasteiger partial charge is 0.450 e. The third-order valence-electron chi connectivity index (χ3n) is 0.325. The summed E-state index contributed by atoms with van der Waals surface area (Å²) in [5.41, 5.74) is 0. The molecule has 0 saturated carbocycles. The summed E-state index contributed by atoms with van der Waals surface area (Å²) in [6, 6.07) is 0. The van der Waals surface area contributed by atoms with Gasteiger partial charge in [0.15, 0.2) is 0 Å². The first-order valence-electron chi connectivity index (χ1n) is 2.49. The van der Waals surface area contributed by atoms with E-state index in [1.165, 1.54) is 6.08 Å². The maximum Gasteiger partial charge on any atom is 0.507 e. The molecule has 0 aromatic rings. The van der Waals surface area contributed by atoms with E-state index in [9.17, 15) is 8.99 Å². The summed E-state index contributed by atoms with van der Waals surface area (Å²) in [5, 5.41) is 7.77. The minimum atomic E-state index is -5.14. The number of hydrogen-bond donors (Lipinski definition) is 3. The fraction of sp³-hybridized carbons (Fsp3) is 0.250. The highest BCUT2D eigenvalue weighted by Crippen LogP contribution is 2.34. The average molecular weight is 202 g/mol. The first kappa shape index (κ1) is 13.7. The molecule has 3 N–H and O–H groups in total. The first-order valence-corrected chi connectivity index (χ1v) is 3.99. The predicted molar refractivity (Wildman–Crippen MR) is 37.3 cm³/mol. The van der Waals surface area contributed by atoms with Gasteiger partial charge in [0, 0.05) is 0 Å². The molecule has 0 aromatic carbocycles. The number of halogens is 1. The van der Waals surface area contributed by atoms with Crippen molar-refractivity contribution < 1.29 is 33.2 Å². The van der Waals surface area contributed by atoms with Crippen LogP contribution in [-0.2, 0) is 9.30 Å². The van der Waals surface area contributed by atoms with E-state index in [1.807, 2.05) is 0 Å². The van der Waals surface area contributed by atoms with Gasteiger partial charge in [0.1, 0.15) is 6.61 Å². The normalized spacial score (nSPS) is 9.25. The summed E-state index contributed by atoms with van der Waals surface area (Å²) in [6.07, 6.45) is 0.105. The molecule has 0 aliphatic carbocycles. The van der Waals surface area contributed by atoms with Crippen molar-refractivity contribution in [2.45, 2.75) is 0 Å². The minimum Gasteiger partial charge on any atom is -0.450 e.